The van der Waals surface area contributed by atoms with Crippen molar-refractivity contribution in [3.05, 3.63) is 58.6 Å². The van der Waals surface area contributed by atoms with Crippen LogP contribution in [-0.4, -0.2) is 49.1 Å². The fourth-order valence-electron chi connectivity index (χ4n) is 3.25. The topological polar surface area (TPSA) is 75.0 Å². The minimum absolute atomic E-state index is 0.0479. The number of carbonyl (C=O) groups is 1. The van der Waals surface area contributed by atoms with Gasteiger partial charge in [-0.15, -0.1) is 0 Å². The lowest BCUT2D eigenvalue weighted by atomic mass is 10.1. The van der Waals surface area contributed by atoms with E-state index in [1.54, 1.807) is 0 Å². The van der Waals surface area contributed by atoms with E-state index in [0.29, 0.717) is 12.3 Å². The first-order valence-electron chi connectivity index (χ1n) is 9.88. The molecule has 0 saturated carbocycles. The van der Waals surface area contributed by atoms with Crippen LogP contribution in [0.3, 0.4) is 0 Å². The fourth-order valence-corrected chi connectivity index (χ4v) is 3.25. The largest absolute Gasteiger partial charge is 0.477 e. The number of benzene rings is 1. The minimum atomic E-state index is -0.348. The van der Waals surface area contributed by atoms with Gasteiger partial charge in [-0.05, 0) is 32.9 Å². The fraction of sp³-hybridized carbons (Fsp3) is 0.455. The maximum atomic E-state index is 12.3. The van der Waals surface area contributed by atoms with Gasteiger partial charge in [-0.2, -0.15) is 0 Å². The minimum Gasteiger partial charge on any atom is -0.477 e. The Balaban J connectivity index is 1.49. The van der Waals surface area contributed by atoms with Crippen molar-refractivity contribution in [3.63, 3.8) is 0 Å². The zero-order valence-electron chi connectivity index (χ0n) is 17.3. The summed E-state index contributed by atoms with van der Waals surface area (Å²) >= 11 is 0. The van der Waals surface area contributed by atoms with Gasteiger partial charge in [0.25, 0.3) is 5.91 Å². The molecule has 1 aliphatic rings. The van der Waals surface area contributed by atoms with Crippen molar-refractivity contribution in [2.24, 2.45) is 0 Å². The summed E-state index contributed by atoms with van der Waals surface area (Å²) < 4.78 is 10.9. The summed E-state index contributed by atoms with van der Waals surface area (Å²) in [6.07, 6.45) is 1.29. The summed E-state index contributed by atoms with van der Waals surface area (Å²) in [6, 6.07) is 11.8. The van der Waals surface area contributed by atoms with Crippen LogP contribution in [0.25, 0.3) is 0 Å². The number of ether oxygens (including phenoxy) is 1. The van der Waals surface area contributed by atoms with Crippen molar-refractivity contribution >= 4 is 11.6 Å². The maximum Gasteiger partial charge on any atom is 0.258 e. The predicted molar refractivity (Wildman–Crippen MR) is 112 cm³/mol. The van der Waals surface area contributed by atoms with Crippen LogP contribution < -0.4 is 20.4 Å². The number of amides is 1. The normalized spacial score (nSPS) is 15.2. The van der Waals surface area contributed by atoms with Gasteiger partial charge < -0.3 is 19.4 Å². The van der Waals surface area contributed by atoms with Gasteiger partial charge in [-0.25, -0.2) is 0 Å². The monoisotopic (exact) mass is 399 g/mol. The quantitative estimate of drug-likeness (QED) is 0.803. The lowest BCUT2D eigenvalue weighted by Crippen LogP contribution is -2.46. The highest BCUT2D eigenvalue weighted by Gasteiger charge is 2.19. The van der Waals surface area contributed by atoms with Crippen molar-refractivity contribution in [3.8, 4) is 5.75 Å². The number of anilines is 1. The number of hydrogen-bond donors (Lipinski definition) is 1. The average Bonchev–Trinajstić information content (AvgIpc) is 2.67. The van der Waals surface area contributed by atoms with Crippen molar-refractivity contribution in [1.82, 2.24) is 10.2 Å². The molecular weight excluding hydrogens is 370 g/mol. The molecule has 1 fully saturated rings. The van der Waals surface area contributed by atoms with Gasteiger partial charge in [0.15, 0.2) is 6.61 Å². The number of para-hydroxylation sites is 1. The molecule has 2 heterocycles. The van der Waals surface area contributed by atoms with Gasteiger partial charge in [0.1, 0.15) is 12.0 Å². The average molecular weight is 399 g/mol. The molecule has 0 atom stereocenters. The van der Waals surface area contributed by atoms with Crippen LogP contribution in [0.1, 0.15) is 26.5 Å². The molecule has 1 aromatic heterocycles. The van der Waals surface area contributed by atoms with E-state index < -0.39 is 0 Å². The third-order valence-electron chi connectivity index (χ3n) is 4.60. The summed E-state index contributed by atoms with van der Waals surface area (Å²) in [5.74, 6) is 0.360. The lowest BCUT2D eigenvalue weighted by Gasteiger charge is -2.35. The van der Waals surface area contributed by atoms with Gasteiger partial charge in [0, 0.05) is 43.5 Å². The summed E-state index contributed by atoms with van der Waals surface area (Å²) in [5, 5.41) is 2.78. The van der Waals surface area contributed by atoms with E-state index in [1.165, 1.54) is 18.0 Å². The van der Waals surface area contributed by atoms with Gasteiger partial charge in [-0.3, -0.25) is 14.5 Å². The Kier molecular flexibility index (Phi) is 6.59. The molecule has 1 N–H and O–H groups in total. The Hall–Kier alpha value is -2.80. The van der Waals surface area contributed by atoms with Crippen LogP contribution in [0.15, 0.2) is 51.9 Å². The van der Waals surface area contributed by atoms with Crippen LogP contribution in [0.2, 0.25) is 0 Å². The van der Waals surface area contributed by atoms with Crippen molar-refractivity contribution in [1.29, 1.82) is 0 Å². The van der Waals surface area contributed by atoms with Gasteiger partial charge in [0.2, 0.25) is 11.2 Å². The first kappa shape index (κ1) is 20.9. The molecule has 0 radical (unpaired) electrons. The number of nitrogens with zero attached hydrogens (tertiary/aromatic N) is 2. The molecule has 7 heteroatoms. The van der Waals surface area contributed by atoms with Crippen LogP contribution in [-0.2, 0) is 11.3 Å². The van der Waals surface area contributed by atoms with Crippen molar-refractivity contribution in [2.75, 3.05) is 37.7 Å². The molecule has 7 nitrogen and oxygen atoms in total. The second kappa shape index (κ2) is 9.13. The van der Waals surface area contributed by atoms with E-state index in [0.717, 1.165) is 26.2 Å². The molecule has 1 saturated heterocycles. The summed E-state index contributed by atoms with van der Waals surface area (Å²) in [5.41, 5.74) is 0.605. The second-order valence-corrected chi connectivity index (χ2v) is 8.26. The molecule has 2 aromatic rings. The zero-order chi connectivity index (χ0) is 20.9. The summed E-state index contributed by atoms with van der Waals surface area (Å²) in [6.45, 7) is 9.64. The third-order valence-corrected chi connectivity index (χ3v) is 4.60. The van der Waals surface area contributed by atoms with E-state index in [9.17, 15) is 9.59 Å². The van der Waals surface area contributed by atoms with Crippen LogP contribution in [0.5, 0.6) is 5.75 Å². The molecule has 1 amide bonds. The van der Waals surface area contributed by atoms with E-state index in [4.69, 9.17) is 9.15 Å². The van der Waals surface area contributed by atoms with E-state index in [-0.39, 0.29) is 29.2 Å². The van der Waals surface area contributed by atoms with E-state index in [2.05, 4.69) is 27.2 Å². The molecule has 3 rings (SSSR count). The first-order valence-corrected chi connectivity index (χ1v) is 9.88. The van der Waals surface area contributed by atoms with E-state index >= 15 is 0 Å². The Morgan fingerprint density at radius 2 is 1.83 bits per heavy atom. The van der Waals surface area contributed by atoms with Crippen LogP contribution in [0.4, 0.5) is 5.69 Å². The SMILES string of the molecule is CC(C)(C)NC(=O)COc1coc(CN2CCN(c3ccccc3)CC2)cc1=O. The number of hydrogen-bond acceptors (Lipinski definition) is 6. The summed E-state index contributed by atoms with van der Waals surface area (Å²) in [7, 11) is 0. The highest BCUT2D eigenvalue weighted by molar-refractivity contribution is 5.78. The maximum absolute atomic E-state index is 12.3. The standard InChI is InChI=1S/C22H29N3O4/c1-22(2,3)23-21(27)16-29-20-15-28-18(13-19(20)26)14-24-9-11-25(12-10-24)17-7-5-4-6-8-17/h4-8,13,15H,9-12,14,16H2,1-3H3,(H,23,27). The van der Waals surface area contributed by atoms with Gasteiger partial charge in [-0.1, -0.05) is 18.2 Å². The molecule has 1 aliphatic heterocycles. The molecule has 29 heavy (non-hydrogen) atoms. The second-order valence-electron chi connectivity index (χ2n) is 8.26. The van der Waals surface area contributed by atoms with Crippen molar-refractivity contribution in [2.45, 2.75) is 32.9 Å². The van der Waals surface area contributed by atoms with Crippen LogP contribution in [0, 0.1) is 0 Å². The zero-order valence-corrected chi connectivity index (χ0v) is 17.3. The molecule has 0 spiro atoms. The molecule has 0 aliphatic carbocycles. The molecule has 1 aromatic carbocycles. The van der Waals surface area contributed by atoms with Crippen LogP contribution >= 0.6 is 0 Å². The predicted octanol–water partition coefficient (Wildman–Crippen LogP) is 2.26. The highest BCUT2D eigenvalue weighted by atomic mass is 16.5. The highest BCUT2D eigenvalue weighted by Crippen LogP contribution is 2.17. The molecule has 0 bridgehead atoms. The van der Waals surface area contributed by atoms with Gasteiger partial charge in [0.05, 0.1) is 6.54 Å². The molecule has 0 unspecified atom stereocenters. The Labute approximate surface area is 171 Å². The molecular formula is C22H29N3O4. The Morgan fingerprint density at radius 1 is 1.14 bits per heavy atom. The Bertz CT molecular complexity index is 866. The van der Waals surface area contributed by atoms with E-state index in [1.807, 2.05) is 39.0 Å². The smallest absolute Gasteiger partial charge is 0.258 e. The summed E-state index contributed by atoms with van der Waals surface area (Å²) in [4.78, 5) is 28.7. The van der Waals surface area contributed by atoms with Crippen molar-refractivity contribution < 1.29 is 13.9 Å². The third kappa shape index (κ3) is 6.35. The number of nitrogens with one attached hydrogen (secondary N) is 1. The number of carbonyl (C=O) groups excluding carboxylic acids is 1. The van der Waals surface area contributed by atoms with Gasteiger partial charge >= 0.3 is 0 Å². The first-order chi connectivity index (χ1) is 13.8. The lowest BCUT2D eigenvalue weighted by molar-refractivity contribution is -0.124. The Morgan fingerprint density at radius 3 is 2.45 bits per heavy atom. The number of rotatable bonds is 6. The molecule has 156 valence electrons. The number of piperazine rings is 1.